The minimum Gasteiger partial charge on any atom is -0.377 e. The van der Waals surface area contributed by atoms with Crippen molar-refractivity contribution in [1.82, 2.24) is 4.90 Å². The summed E-state index contributed by atoms with van der Waals surface area (Å²) in [6.07, 6.45) is -0.673. The number of β-lactam (4-membered cyclic amide) rings is 1. The van der Waals surface area contributed by atoms with Gasteiger partial charge in [-0.2, -0.15) is 0 Å². The molecule has 0 bridgehead atoms. The van der Waals surface area contributed by atoms with Crippen LogP contribution in [0.1, 0.15) is 32.8 Å². The van der Waals surface area contributed by atoms with Crippen molar-refractivity contribution in [3.05, 3.63) is 35.9 Å². The van der Waals surface area contributed by atoms with E-state index in [9.17, 15) is 14.7 Å². The van der Waals surface area contributed by atoms with Crippen LogP contribution in [0.15, 0.2) is 30.3 Å². The Morgan fingerprint density at radius 3 is 2.54 bits per heavy atom. The highest BCUT2D eigenvalue weighted by Gasteiger charge is 2.64. The van der Waals surface area contributed by atoms with E-state index >= 15 is 0 Å². The molecule has 1 aromatic carbocycles. The molecule has 2 heterocycles. The molecular formula is C18H23NO5. The third-order valence-electron chi connectivity index (χ3n) is 4.55. The van der Waals surface area contributed by atoms with E-state index in [2.05, 4.69) is 0 Å². The molecule has 0 aromatic heterocycles. The molecule has 130 valence electrons. The average Bonchev–Trinajstić information content (AvgIpc) is 2.86. The second kappa shape index (κ2) is 5.95. The van der Waals surface area contributed by atoms with Crippen molar-refractivity contribution in [3.63, 3.8) is 0 Å². The zero-order valence-corrected chi connectivity index (χ0v) is 14.2. The van der Waals surface area contributed by atoms with Crippen molar-refractivity contribution in [2.75, 3.05) is 6.61 Å². The number of ketones is 1. The molecule has 2 saturated heterocycles. The molecule has 6 nitrogen and oxygen atoms in total. The Balaban J connectivity index is 1.85. The number of carbonyl (C=O) groups excluding carboxylic acids is 2. The highest BCUT2D eigenvalue weighted by atomic mass is 16.7. The standard InChI is InChI=1S/C18H23NO5/c1-12(20)9-18(22)15(14-11-23-17(2,3)24-14)19(16(18)21)10-13-7-5-4-6-8-13/h4-8,14-15,22H,9-11H2,1-3H3/t14-,15+,18-/m1/s1. The summed E-state index contributed by atoms with van der Waals surface area (Å²) in [5.41, 5.74) is -0.756. The summed E-state index contributed by atoms with van der Waals surface area (Å²) in [5, 5.41) is 10.8. The molecule has 6 heteroatoms. The van der Waals surface area contributed by atoms with E-state index in [0.717, 1.165) is 5.56 Å². The molecule has 3 rings (SSSR count). The fourth-order valence-corrected chi connectivity index (χ4v) is 3.58. The average molecular weight is 333 g/mol. The predicted octanol–water partition coefficient (Wildman–Crippen LogP) is 1.26. The molecule has 0 saturated carbocycles. The van der Waals surface area contributed by atoms with Crippen LogP contribution in [0.4, 0.5) is 0 Å². The van der Waals surface area contributed by atoms with Gasteiger partial charge in [-0.3, -0.25) is 9.59 Å². The molecule has 0 unspecified atom stereocenters. The van der Waals surface area contributed by atoms with Crippen LogP contribution in [-0.4, -0.2) is 51.8 Å². The fourth-order valence-electron chi connectivity index (χ4n) is 3.58. The zero-order valence-electron chi connectivity index (χ0n) is 14.2. The summed E-state index contributed by atoms with van der Waals surface area (Å²) in [7, 11) is 0. The van der Waals surface area contributed by atoms with Gasteiger partial charge in [0.05, 0.1) is 12.6 Å². The second-order valence-corrected chi connectivity index (χ2v) is 7.03. The van der Waals surface area contributed by atoms with E-state index in [4.69, 9.17) is 9.47 Å². The van der Waals surface area contributed by atoms with Crippen LogP contribution >= 0.6 is 0 Å². The largest absolute Gasteiger partial charge is 0.377 e. The van der Waals surface area contributed by atoms with E-state index in [0.29, 0.717) is 6.54 Å². The van der Waals surface area contributed by atoms with Crippen molar-refractivity contribution in [3.8, 4) is 0 Å². The molecule has 24 heavy (non-hydrogen) atoms. The van der Waals surface area contributed by atoms with Gasteiger partial charge in [-0.1, -0.05) is 30.3 Å². The quantitative estimate of drug-likeness (QED) is 0.821. The number of nitrogens with zero attached hydrogens (tertiary/aromatic N) is 1. The van der Waals surface area contributed by atoms with Gasteiger partial charge in [0.25, 0.3) is 5.91 Å². The van der Waals surface area contributed by atoms with Gasteiger partial charge in [-0.05, 0) is 26.3 Å². The number of benzene rings is 1. The van der Waals surface area contributed by atoms with E-state index in [-0.39, 0.29) is 18.8 Å². The van der Waals surface area contributed by atoms with Crippen LogP contribution in [0.3, 0.4) is 0 Å². The first-order valence-corrected chi connectivity index (χ1v) is 8.11. The summed E-state index contributed by atoms with van der Waals surface area (Å²) < 4.78 is 11.4. The highest BCUT2D eigenvalue weighted by molar-refractivity contribution is 5.97. The van der Waals surface area contributed by atoms with Crippen molar-refractivity contribution in [2.45, 2.75) is 57.3 Å². The number of aliphatic hydroxyl groups is 1. The van der Waals surface area contributed by atoms with Gasteiger partial charge < -0.3 is 19.5 Å². The van der Waals surface area contributed by atoms with Gasteiger partial charge in [-0.15, -0.1) is 0 Å². The molecule has 2 fully saturated rings. The first kappa shape index (κ1) is 17.1. The normalized spacial score (nSPS) is 31.8. The molecule has 2 aliphatic heterocycles. The van der Waals surface area contributed by atoms with Gasteiger partial charge in [-0.25, -0.2) is 0 Å². The van der Waals surface area contributed by atoms with Gasteiger partial charge >= 0.3 is 0 Å². The van der Waals surface area contributed by atoms with Crippen LogP contribution in [0.2, 0.25) is 0 Å². The third kappa shape index (κ3) is 2.97. The van der Waals surface area contributed by atoms with E-state index in [1.807, 2.05) is 30.3 Å². The second-order valence-electron chi connectivity index (χ2n) is 7.03. The molecule has 1 aromatic rings. The number of hydrogen-bond acceptors (Lipinski definition) is 5. The molecule has 2 aliphatic rings. The van der Waals surface area contributed by atoms with Gasteiger partial charge in [0, 0.05) is 13.0 Å². The number of Topliss-reactive ketones (excluding diaryl/α,β-unsaturated/α-hetero) is 1. The summed E-state index contributed by atoms with van der Waals surface area (Å²) >= 11 is 0. The minimum atomic E-state index is -1.71. The third-order valence-corrected chi connectivity index (χ3v) is 4.55. The number of amides is 1. The maximum atomic E-state index is 12.6. The molecule has 0 spiro atoms. The topological polar surface area (TPSA) is 76.1 Å². The molecule has 0 aliphatic carbocycles. The van der Waals surface area contributed by atoms with Crippen molar-refractivity contribution in [2.24, 2.45) is 0 Å². The first-order chi connectivity index (χ1) is 11.2. The number of rotatable bonds is 5. The van der Waals surface area contributed by atoms with Gasteiger partial charge in [0.1, 0.15) is 11.9 Å². The lowest BCUT2D eigenvalue weighted by atomic mass is 9.75. The molecule has 3 atom stereocenters. The molecule has 1 N–H and O–H groups in total. The van der Waals surface area contributed by atoms with E-state index in [1.165, 1.54) is 6.92 Å². The minimum absolute atomic E-state index is 0.206. The zero-order chi connectivity index (χ0) is 17.5. The van der Waals surface area contributed by atoms with Crippen LogP contribution in [0.5, 0.6) is 0 Å². The Hall–Kier alpha value is -1.76. The van der Waals surface area contributed by atoms with Gasteiger partial charge in [0.15, 0.2) is 11.4 Å². The van der Waals surface area contributed by atoms with E-state index in [1.54, 1.807) is 18.7 Å². The van der Waals surface area contributed by atoms with Crippen LogP contribution in [0.25, 0.3) is 0 Å². The Bertz CT molecular complexity index is 644. The summed E-state index contributed by atoms with van der Waals surface area (Å²) in [5.74, 6) is -1.42. The van der Waals surface area contributed by atoms with Crippen molar-refractivity contribution < 1.29 is 24.2 Å². The van der Waals surface area contributed by atoms with Crippen molar-refractivity contribution >= 4 is 11.7 Å². The Morgan fingerprint density at radius 1 is 1.33 bits per heavy atom. The molecular weight excluding hydrogens is 310 g/mol. The maximum Gasteiger partial charge on any atom is 0.258 e. The monoisotopic (exact) mass is 333 g/mol. The predicted molar refractivity (Wildman–Crippen MR) is 85.9 cm³/mol. The van der Waals surface area contributed by atoms with Crippen LogP contribution in [-0.2, 0) is 25.6 Å². The fraction of sp³-hybridized carbons (Fsp3) is 0.556. The number of likely N-dealkylation sites (tertiary alicyclic amines) is 1. The lowest BCUT2D eigenvalue weighted by Crippen LogP contribution is -2.77. The van der Waals surface area contributed by atoms with Crippen LogP contribution in [0, 0.1) is 0 Å². The Morgan fingerprint density at radius 2 is 2.00 bits per heavy atom. The first-order valence-electron chi connectivity index (χ1n) is 8.11. The van der Waals surface area contributed by atoms with Crippen molar-refractivity contribution in [1.29, 1.82) is 0 Å². The summed E-state index contributed by atoms with van der Waals surface area (Å²) in [6.45, 7) is 5.59. The van der Waals surface area contributed by atoms with Crippen LogP contribution < -0.4 is 0 Å². The number of hydrogen-bond donors (Lipinski definition) is 1. The summed E-state index contributed by atoms with van der Waals surface area (Å²) in [4.78, 5) is 25.7. The number of ether oxygens (including phenoxy) is 2. The number of carbonyl (C=O) groups is 2. The smallest absolute Gasteiger partial charge is 0.258 e. The SMILES string of the molecule is CC(=O)C[C@]1(O)C(=O)N(Cc2ccccc2)[C@H]1[C@H]1COC(C)(C)O1. The maximum absolute atomic E-state index is 12.6. The van der Waals surface area contributed by atoms with Gasteiger partial charge in [0.2, 0.25) is 0 Å². The Labute approximate surface area is 141 Å². The summed E-state index contributed by atoms with van der Waals surface area (Å²) in [6, 6.07) is 8.94. The molecule has 1 amide bonds. The lowest BCUT2D eigenvalue weighted by Gasteiger charge is -2.54. The lowest BCUT2D eigenvalue weighted by molar-refractivity contribution is -0.217. The van der Waals surface area contributed by atoms with E-state index < -0.39 is 29.4 Å². The highest BCUT2D eigenvalue weighted by Crippen LogP contribution is 2.41. The Kier molecular flexibility index (Phi) is 4.23. The molecule has 0 radical (unpaired) electrons.